The fourth-order valence-corrected chi connectivity index (χ4v) is 2.47. The zero-order chi connectivity index (χ0) is 13.5. The van der Waals surface area contributed by atoms with Gasteiger partial charge >= 0.3 is 0 Å². The molecule has 2 aromatic carbocycles. The van der Waals surface area contributed by atoms with Crippen molar-refractivity contribution in [2.24, 2.45) is 0 Å². The van der Waals surface area contributed by atoms with Crippen LogP contribution in [0.1, 0.15) is 48.4 Å². The Balaban J connectivity index is 2.09. The fraction of sp³-hybridized carbons (Fsp3) is 0.368. The summed E-state index contributed by atoms with van der Waals surface area (Å²) in [6.45, 7) is 4.48. The molecule has 0 N–H and O–H groups in total. The molecule has 0 saturated heterocycles. The molecule has 0 bridgehead atoms. The molecule has 0 radical (unpaired) electrons. The van der Waals surface area contributed by atoms with E-state index >= 15 is 0 Å². The van der Waals surface area contributed by atoms with Gasteiger partial charge in [0.15, 0.2) is 0 Å². The summed E-state index contributed by atoms with van der Waals surface area (Å²) >= 11 is 0. The molecule has 0 heteroatoms. The van der Waals surface area contributed by atoms with E-state index in [2.05, 4.69) is 62.4 Å². The number of hydrogen-bond acceptors (Lipinski definition) is 0. The maximum absolute atomic E-state index is 2.40. The zero-order valence-electron chi connectivity index (χ0n) is 12.2. The standard InChI is InChI=1S/C19H24/c1-3-4-6-9-18-13-12-16(2)19(15-18)14-17-10-7-5-8-11-17/h5,7-8,10-13,15H,3-4,6,9,14H2,1-2H3. The second kappa shape index (κ2) is 7.13. The predicted octanol–water partition coefficient (Wildman–Crippen LogP) is 5.32. The second-order valence-electron chi connectivity index (χ2n) is 5.38. The highest BCUT2D eigenvalue weighted by Gasteiger charge is 2.02. The molecule has 2 aromatic rings. The molecule has 100 valence electrons. The van der Waals surface area contributed by atoms with Crippen molar-refractivity contribution in [1.29, 1.82) is 0 Å². The highest BCUT2D eigenvalue weighted by molar-refractivity contribution is 5.35. The van der Waals surface area contributed by atoms with Crippen molar-refractivity contribution in [3.05, 3.63) is 70.8 Å². The van der Waals surface area contributed by atoms with Gasteiger partial charge in [0, 0.05) is 0 Å². The Labute approximate surface area is 117 Å². The van der Waals surface area contributed by atoms with Crippen LogP contribution < -0.4 is 0 Å². The molecule has 0 spiro atoms. The molecule has 0 aliphatic heterocycles. The van der Waals surface area contributed by atoms with E-state index in [1.165, 1.54) is 47.9 Å². The van der Waals surface area contributed by atoms with Crippen LogP contribution in [0.25, 0.3) is 0 Å². The van der Waals surface area contributed by atoms with Crippen LogP contribution in [-0.2, 0) is 12.8 Å². The van der Waals surface area contributed by atoms with Gasteiger partial charge in [-0.15, -0.1) is 0 Å². The molecular formula is C19H24. The summed E-state index contributed by atoms with van der Waals surface area (Å²) in [5.41, 5.74) is 5.77. The van der Waals surface area contributed by atoms with Crippen LogP contribution >= 0.6 is 0 Å². The second-order valence-corrected chi connectivity index (χ2v) is 5.38. The third kappa shape index (κ3) is 4.24. The lowest BCUT2D eigenvalue weighted by atomic mass is 9.96. The summed E-state index contributed by atoms with van der Waals surface area (Å²) in [5.74, 6) is 0. The lowest BCUT2D eigenvalue weighted by Gasteiger charge is -2.09. The normalized spacial score (nSPS) is 10.6. The molecule has 2 rings (SSSR count). The van der Waals surface area contributed by atoms with E-state index < -0.39 is 0 Å². The SMILES string of the molecule is CCCCCc1ccc(C)c(Cc2ccccc2)c1. The molecule has 19 heavy (non-hydrogen) atoms. The molecule has 0 unspecified atom stereocenters. The number of hydrogen-bond donors (Lipinski definition) is 0. The van der Waals surface area contributed by atoms with Crippen molar-refractivity contribution in [3.63, 3.8) is 0 Å². The zero-order valence-corrected chi connectivity index (χ0v) is 12.2. The summed E-state index contributed by atoms with van der Waals surface area (Å²) in [7, 11) is 0. The molecule has 0 fully saturated rings. The average Bonchev–Trinajstić information content (AvgIpc) is 2.44. The Bertz CT molecular complexity index is 497. The van der Waals surface area contributed by atoms with Gasteiger partial charge in [0.05, 0.1) is 0 Å². The summed E-state index contributed by atoms with van der Waals surface area (Å²) in [4.78, 5) is 0. The van der Waals surface area contributed by atoms with E-state index in [4.69, 9.17) is 0 Å². The van der Waals surface area contributed by atoms with Crippen molar-refractivity contribution in [1.82, 2.24) is 0 Å². The Hall–Kier alpha value is -1.56. The van der Waals surface area contributed by atoms with Crippen LogP contribution in [0.3, 0.4) is 0 Å². The lowest BCUT2D eigenvalue weighted by molar-refractivity contribution is 0.717. The largest absolute Gasteiger partial charge is 0.0654 e. The summed E-state index contributed by atoms with van der Waals surface area (Å²) < 4.78 is 0. The van der Waals surface area contributed by atoms with Gasteiger partial charge in [-0.25, -0.2) is 0 Å². The molecule has 0 aliphatic rings. The average molecular weight is 252 g/mol. The summed E-state index contributed by atoms with van der Waals surface area (Å²) in [6.07, 6.45) is 6.21. The number of rotatable bonds is 6. The van der Waals surface area contributed by atoms with Crippen molar-refractivity contribution in [2.45, 2.75) is 46.0 Å². The van der Waals surface area contributed by atoms with Crippen LogP contribution in [0.2, 0.25) is 0 Å². The monoisotopic (exact) mass is 252 g/mol. The lowest BCUT2D eigenvalue weighted by Crippen LogP contribution is -1.95. The van der Waals surface area contributed by atoms with E-state index in [1.54, 1.807) is 0 Å². The van der Waals surface area contributed by atoms with Gasteiger partial charge in [0.2, 0.25) is 0 Å². The Morgan fingerprint density at radius 3 is 2.37 bits per heavy atom. The highest BCUT2D eigenvalue weighted by atomic mass is 14.1. The van der Waals surface area contributed by atoms with E-state index in [0.717, 1.165) is 6.42 Å². The van der Waals surface area contributed by atoms with Crippen molar-refractivity contribution in [2.75, 3.05) is 0 Å². The minimum atomic E-state index is 1.05. The minimum Gasteiger partial charge on any atom is -0.0654 e. The molecule has 0 aromatic heterocycles. The number of unbranched alkanes of at least 4 members (excludes halogenated alkanes) is 2. The first-order valence-electron chi connectivity index (χ1n) is 7.42. The third-order valence-electron chi connectivity index (χ3n) is 3.72. The van der Waals surface area contributed by atoms with Gasteiger partial charge in [-0.2, -0.15) is 0 Å². The van der Waals surface area contributed by atoms with Crippen molar-refractivity contribution < 1.29 is 0 Å². The summed E-state index contributed by atoms with van der Waals surface area (Å²) in [5, 5.41) is 0. The fourth-order valence-electron chi connectivity index (χ4n) is 2.47. The van der Waals surface area contributed by atoms with Crippen molar-refractivity contribution >= 4 is 0 Å². The minimum absolute atomic E-state index is 1.05. The Morgan fingerprint density at radius 1 is 0.842 bits per heavy atom. The van der Waals surface area contributed by atoms with Gasteiger partial charge < -0.3 is 0 Å². The van der Waals surface area contributed by atoms with Gasteiger partial charge in [-0.05, 0) is 48.4 Å². The molecule has 0 aliphatic carbocycles. The smallest absolute Gasteiger partial charge is 0.00230 e. The molecule has 0 atom stereocenters. The highest BCUT2D eigenvalue weighted by Crippen LogP contribution is 2.17. The maximum Gasteiger partial charge on any atom is -0.00230 e. The summed E-state index contributed by atoms with van der Waals surface area (Å²) in [6, 6.07) is 17.7. The van der Waals surface area contributed by atoms with Gasteiger partial charge in [-0.3, -0.25) is 0 Å². The first-order chi connectivity index (χ1) is 9.29. The van der Waals surface area contributed by atoms with Gasteiger partial charge in [0.25, 0.3) is 0 Å². The van der Waals surface area contributed by atoms with Crippen LogP contribution in [0, 0.1) is 6.92 Å². The number of benzene rings is 2. The predicted molar refractivity (Wildman–Crippen MR) is 83.7 cm³/mol. The first kappa shape index (κ1) is 13.9. The van der Waals surface area contributed by atoms with Crippen LogP contribution in [-0.4, -0.2) is 0 Å². The van der Waals surface area contributed by atoms with Crippen LogP contribution in [0.4, 0.5) is 0 Å². The van der Waals surface area contributed by atoms with Gasteiger partial charge in [-0.1, -0.05) is 68.3 Å². The Kier molecular flexibility index (Phi) is 5.20. The third-order valence-corrected chi connectivity index (χ3v) is 3.72. The van der Waals surface area contributed by atoms with Crippen LogP contribution in [0.5, 0.6) is 0 Å². The Morgan fingerprint density at radius 2 is 1.63 bits per heavy atom. The van der Waals surface area contributed by atoms with E-state index in [0.29, 0.717) is 0 Å². The topological polar surface area (TPSA) is 0 Å². The van der Waals surface area contributed by atoms with Crippen LogP contribution in [0.15, 0.2) is 48.5 Å². The van der Waals surface area contributed by atoms with E-state index in [-0.39, 0.29) is 0 Å². The molecule has 0 amide bonds. The molecule has 0 saturated carbocycles. The van der Waals surface area contributed by atoms with Gasteiger partial charge in [0.1, 0.15) is 0 Å². The maximum atomic E-state index is 2.40. The molecular weight excluding hydrogens is 228 g/mol. The first-order valence-corrected chi connectivity index (χ1v) is 7.42. The van der Waals surface area contributed by atoms with E-state index in [1.807, 2.05) is 0 Å². The quantitative estimate of drug-likeness (QED) is 0.610. The van der Waals surface area contributed by atoms with Crippen molar-refractivity contribution in [3.8, 4) is 0 Å². The molecule has 0 heterocycles. The van der Waals surface area contributed by atoms with E-state index in [9.17, 15) is 0 Å². The molecule has 0 nitrogen and oxygen atoms in total. The number of aryl methyl sites for hydroxylation is 2.